The van der Waals surface area contributed by atoms with Crippen LogP contribution in [0.3, 0.4) is 0 Å². The molecule has 9 rings (SSSR count). The average Bonchev–Trinajstić information content (AvgIpc) is 1.61. The molecule has 0 saturated carbocycles. The first-order valence-electron chi connectivity index (χ1n) is 37.0. The average molecular weight is 1650 g/mol. The van der Waals surface area contributed by atoms with Gasteiger partial charge in [-0.1, -0.05) is 74.5 Å². The minimum atomic E-state index is -5.02. The monoisotopic (exact) mass is 1640 g/mol. The number of ether oxygens (including phenoxy) is 8. The van der Waals surface area contributed by atoms with Crippen LogP contribution in [0.2, 0.25) is 0 Å². The maximum Gasteiger partial charge on any atom is 0.524 e. The highest BCUT2D eigenvalue weighted by atomic mass is 35.5. The fourth-order valence-corrected chi connectivity index (χ4v) is 14.7. The van der Waals surface area contributed by atoms with Gasteiger partial charge in [-0.15, -0.1) is 34.5 Å². The van der Waals surface area contributed by atoms with Crippen LogP contribution in [-0.2, 0) is 68.3 Å². The normalized spacial score (nSPS) is 15.0. The Labute approximate surface area is 667 Å². The van der Waals surface area contributed by atoms with E-state index in [4.69, 9.17) is 71.4 Å². The van der Waals surface area contributed by atoms with Crippen LogP contribution in [0.25, 0.3) is 21.5 Å². The third kappa shape index (κ3) is 24.6. The number of hydrogen-bond donors (Lipinski definition) is 7. The standard InChI is InChI=1S/C77H95Cl2N10O22PS/c1-5-85(27-28-86(6-2)77(99)110-61-42-59-68(56-14-9-7-12-54(56)61)51(44-78)46-88(59)73(95)63-21-22-64(113-63)74(96)89-47-52(45-79)69-57-15-10-8-13-55(57)62(43-60(69)89)111-112(100,101)102)76(98)109-48-50-17-19-53(20-18-50)82-71(93)58(16-11-26-81-75(80)97)83-72(94)70(49(3)4)84-65(90)25-30-103-32-34-105-36-38-107-40-41-108-39-37-106-35-33-104-31-29-87-66(91)23-24-67(87)92/h7-10,12-15,17-24,42-43,49,51-52,58,70H,5-6,11,16,25-41,44-48H2,1-4H3,(H,82,93)(H,83,94)(H,84,90)(H3,80,81,97)(H2,100,101,102)/t51-,52-,58?,70+/m1/s1. The van der Waals surface area contributed by atoms with E-state index in [1.165, 1.54) is 32.9 Å². The summed E-state index contributed by atoms with van der Waals surface area (Å²) in [6.45, 7) is 11.4. The number of likely N-dealkylation sites (N-methyl/N-ethyl adjacent to an activating group) is 2. The number of nitrogens with one attached hydrogen (secondary N) is 4. The SMILES string of the molecule is CCN(CCN(CC)C(=O)Oc1cc2c(c3ccccc13)[C@H](CCl)CN2C(=O)c1ccc(C(=O)N2C[C@@H](CCl)c3c2cc(OP(=O)(O)O)c2ccccc32)s1)C(=O)OCc1ccc(NC(=O)C(CCCNC(N)=O)NC(=O)[C@@H](NC(=O)CCOCCOCCOCCOCCOCCOCCN2C(=O)C=CC2=O)C(C)C)cc1. The van der Waals surface area contributed by atoms with E-state index in [1.807, 2.05) is 12.1 Å². The van der Waals surface area contributed by atoms with Crippen LogP contribution in [-0.4, -0.2) is 240 Å². The minimum Gasteiger partial charge on any atom is -0.445 e. The lowest BCUT2D eigenvalue weighted by Crippen LogP contribution is -2.54. The van der Waals surface area contributed by atoms with E-state index in [0.29, 0.717) is 97.0 Å². The summed E-state index contributed by atoms with van der Waals surface area (Å²) in [5, 5.41) is 13.1. The summed E-state index contributed by atoms with van der Waals surface area (Å²) in [6.07, 6.45) is 1.33. The van der Waals surface area contributed by atoms with E-state index in [2.05, 4.69) is 21.3 Å². The lowest BCUT2D eigenvalue weighted by atomic mass is 9.95. The number of nitrogens with two attached hydrogens (primary N) is 1. The smallest absolute Gasteiger partial charge is 0.445 e. The van der Waals surface area contributed by atoms with Crippen molar-refractivity contribution in [1.29, 1.82) is 0 Å². The van der Waals surface area contributed by atoms with Gasteiger partial charge in [0.15, 0.2) is 0 Å². The Bertz CT molecular complexity index is 4400. The molecule has 0 saturated heterocycles. The number of phosphoric ester groups is 1. The third-order valence-corrected chi connectivity index (χ3v) is 20.9. The molecule has 3 aliphatic rings. The molecule has 6 aromatic rings. The zero-order valence-electron chi connectivity index (χ0n) is 63.1. The Morgan fingerprint density at radius 2 is 1.10 bits per heavy atom. The number of benzene rings is 5. The second kappa shape index (κ2) is 43.2. The van der Waals surface area contributed by atoms with E-state index >= 15 is 0 Å². The quantitative estimate of drug-likeness (QED) is 0.00816. The highest BCUT2D eigenvalue weighted by Gasteiger charge is 2.40. The number of thiophene rings is 1. The second-order valence-corrected chi connectivity index (χ2v) is 29.5. The molecule has 0 bridgehead atoms. The molecule has 11 amide bonds. The number of phosphoric acid groups is 1. The lowest BCUT2D eigenvalue weighted by Gasteiger charge is -2.26. The van der Waals surface area contributed by atoms with Crippen molar-refractivity contribution >= 4 is 141 Å². The number of rotatable bonds is 45. The maximum atomic E-state index is 14.8. The van der Waals surface area contributed by atoms with Crippen molar-refractivity contribution in [3.8, 4) is 11.5 Å². The summed E-state index contributed by atoms with van der Waals surface area (Å²) in [7, 11) is -5.02. The Kier molecular flexibility index (Phi) is 33.5. The van der Waals surface area contributed by atoms with Crippen LogP contribution >= 0.6 is 42.4 Å². The van der Waals surface area contributed by atoms with Crippen molar-refractivity contribution in [1.82, 2.24) is 30.7 Å². The highest BCUT2D eigenvalue weighted by Crippen LogP contribution is 2.50. The molecule has 32 nitrogen and oxygen atoms in total. The zero-order valence-corrected chi connectivity index (χ0v) is 66.4. The number of nitrogens with zero attached hydrogens (tertiary/aromatic N) is 5. The Hall–Kier alpha value is -9.35. The number of imide groups is 1. The van der Waals surface area contributed by atoms with E-state index in [-0.39, 0.29) is 161 Å². The van der Waals surface area contributed by atoms with Gasteiger partial charge in [-0.05, 0) is 84.3 Å². The molecule has 0 spiro atoms. The van der Waals surface area contributed by atoms with E-state index < -0.39 is 73.6 Å². The first-order chi connectivity index (χ1) is 54.4. The van der Waals surface area contributed by atoms with Gasteiger partial charge in [0.05, 0.1) is 107 Å². The Balaban J connectivity index is 0.705. The van der Waals surface area contributed by atoms with Gasteiger partial charge in [-0.25, -0.2) is 18.9 Å². The molecule has 1 unspecified atom stereocenters. The molecular weight excluding hydrogens is 1550 g/mol. The molecule has 5 aromatic carbocycles. The molecule has 1 aromatic heterocycles. The number of carbonyl (C=O) groups excluding carboxylic acids is 10. The number of amides is 11. The summed E-state index contributed by atoms with van der Waals surface area (Å²) in [5.41, 5.74) is 8.50. The molecular formula is C77H95Cl2N10O22PS. The number of hydrogen-bond acceptors (Lipinski definition) is 21. The number of fused-ring (bicyclic) bond motifs is 6. The number of halogens is 2. The van der Waals surface area contributed by atoms with Gasteiger partial charge >= 0.3 is 26.0 Å². The van der Waals surface area contributed by atoms with Crippen LogP contribution in [0.4, 0.5) is 31.4 Å². The van der Waals surface area contributed by atoms with Gasteiger partial charge in [-0.3, -0.25) is 48.2 Å². The number of alkyl halides is 2. The molecule has 8 N–H and O–H groups in total. The number of anilines is 3. The number of carbonyl (C=O) groups is 10. The van der Waals surface area contributed by atoms with Crippen LogP contribution in [0, 0.1) is 5.92 Å². The summed E-state index contributed by atoms with van der Waals surface area (Å²) in [5.74, 6) is -3.98. The maximum absolute atomic E-state index is 14.8. The third-order valence-electron chi connectivity index (χ3n) is 18.6. The molecule has 0 radical (unpaired) electrons. The van der Waals surface area contributed by atoms with Crippen molar-refractivity contribution in [3.63, 3.8) is 0 Å². The fourth-order valence-electron chi connectivity index (χ4n) is 12.9. The molecule has 0 aliphatic carbocycles. The van der Waals surface area contributed by atoms with Crippen molar-refractivity contribution in [2.75, 3.05) is 159 Å². The summed E-state index contributed by atoms with van der Waals surface area (Å²) in [4.78, 5) is 159. The van der Waals surface area contributed by atoms with Crippen LogP contribution in [0.1, 0.15) is 94.8 Å². The van der Waals surface area contributed by atoms with E-state index in [1.54, 1.807) is 111 Å². The summed E-state index contributed by atoms with van der Waals surface area (Å²) in [6, 6.07) is 24.0. The molecule has 3 aliphatic heterocycles. The van der Waals surface area contributed by atoms with Crippen LogP contribution in [0.5, 0.6) is 11.5 Å². The topological polar surface area (TPSA) is 402 Å². The Morgan fingerprint density at radius 3 is 1.58 bits per heavy atom. The predicted molar refractivity (Wildman–Crippen MR) is 422 cm³/mol. The van der Waals surface area contributed by atoms with Crippen LogP contribution < -0.4 is 46.1 Å². The van der Waals surface area contributed by atoms with Crippen LogP contribution in [0.15, 0.2) is 109 Å². The molecule has 113 heavy (non-hydrogen) atoms. The van der Waals surface area contributed by atoms with Gasteiger partial charge in [0, 0.05) is 117 Å². The van der Waals surface area contributed by atoms with Gasteiger partial charge < -0.3 is 89.0 Å². The first-order valence-corrected chi connectivity index (χ1v) is 40.5. The molecule has 0 fully saturated rings. The Morgan fingerprint density at radius 1 is 0.619 bits per heavy atom. The van der Waals surface area contributed by atoms with Crippen molar-refractivity contribution in [3.05, 3.63) is 136 Å². The van der Waals surface area contributed by atoms with Crippen molar-refractivity contribution in [2.24, 2.45) is 11.7 Å². The minimum absolute atomic E-state index is 0.0437. The molecule has 36 heteroatoms. The van der Waals surface area contributed by atoms with E-state index in [9.17, 15) is 62.3 Å². The van der Waals surface area contributed by atoms with Crippen molar-refractivity contribution in [2.45, 2.75) is 77.5 Å². The van der Waals surface area contributed by atoms with Gasteiger partial charge in [-0.2, -0.15) is 0 Å². The number of urea groups is 1. The fraction of sp³-hybridized carbons (Fsp3) is 0.455. The molecule has 4 atom stereocenters. The van der Waals surface area contributed by atoms with E-state index in [0.717, 1.165) is 27.4 Å². The van der Waals surface area contributed by atoms with Gasteiger partial charge in [0.25, 0.3) is 23.6 Å². The predicted octanol–water partition coefficient (Wildman–Crippen LogP) is 8.40. The summed E-state index contributed by atoms with van der Waals surface area (Å²) < 4.78 is 62.1. The lowest BCUT2D eigenvalue weighted by molar-refractivity contribution is -0.137. The number of primary amides is 1. The van der Waals surface area contributed by atoms with Gasteiger partial charge in [0.2, 0.25) is 17.7 Å². The molecule has 610 valence electrons. The molecule has 4 heterocycles. The van der Waals surface area contributed by atoms with Crippen molar-refractivity contribution < 1.29 is 105 Å². The zero-order chi connectivity index (χ0) is 81.1. The highest BCUT2D eigenvalue weighted by molar-refractivity contribution is 7.46. The first kappa shape index (κ1) is 87.6. The largest absolute Gasteiger partial charge is 0.524 e. The second-order valence-electron chi connectivity index (χ2n) is 26.6. The summed E-state index contributed by atoms with van der Waals surface area (Å²) >= 11 is 14.1. The van der Waals surface area contributed by atoms with Gasteiger partial charge in [0.1, 0.15) is 30.2 Å².